The number of alkyl halides is 3. The number of aryl methyl sites for hydroxylation is 1. The maximum Gasteiger partial charge on any atom is 0.338 e. The summed E-state index contributed by atoms with van der Waals surface area (Å²) in [7, 11) is 0. The number of benzene rings is 2. The summed E-state index contributed by atoms with van der Waals surface area (Å²) >= 11 is 17.4. The SMILES string of the molecule is Cc1cc(CCNCCOC(=O)c2ccc(C(Cl)(Cl)Cl)cc2)ccc1C=C(C#N)C#N. The molecule has 0 aliphatic heterocycles. The lowest BCUT2D eigenvalue weighted by Gasteiger charge is -2.11. The molecule has 5 nitrogen and oxygen atoms in total. The molecule has 0 amide bonds. The number of esters is 1. The van der Waals surface area contributed by atoms with Crippen molar-refractivity contribution in [1.82, 2.24) is 5.32 Å². The Morgan fingerprint density at radius 1 is 1.10 bits per heavy atom. The van der Waals surface area contributed by atoms with Crippen molar-refractivity contribution in [2.75, 3.05) is 19.7 Å². The number of rotatable bonds is 8. The van der Waals surface area contributed by atoms with Gasteiger partial charge in [0.05, 0.1) is 5.56 Å². The van der Waals surface area contributed by atoms with E-state index in [1.807, 2.05) is 37.3 Å². The summed E-state index contributed by atoms with van der Waals surface area (Å²) in [6.07, 6.45) is 2.37. The van der Waals surface area contributed by atoms with E-state index in [1.165, 1.54) is 0 Å². The fourth-order valence-corrected chi connectivity index (χ4v) is 3.13. The standard InChI is InChI=1S/C23H20Cl3N3O2/c1-16-12-17(2-3-20(16)13-18(14-27)15-28)8-9-29-10-11-31-22(30)19-4-6-21(7-5-19)23(24,25)26/h2-7,12-13,29H,8-11H2,1H3. The zero-order valence-electron chi connectivity index (χ0n) is 16.8. The molecule has 2 rings (SSSR count). The molecule has 2 aromatic carbocycles. The molecule has 31 heavy (non-hydrogen) atoms. The van der Waals surface area contributed by atoms with Gasteiger partial charge >= 0.3 is 5.97 Å². The van der Waals surface area contributed by atoms with E-state index >= 15 is 0 Å². The minimum absolute atomic E-state index is 0.0771. The second-order valence-electron chi connectivity index (χ2n) is 6.68. The lowest BCUT2D eigenvalue weighted by Crippen LogP contribution is -2.23. The average Bonchev–Trinajstić information content (AvgIpc) is 2.75. The monoisotopic (exact) mass is 475 g/mol. The number of halogens is 3. The largest absolute Gasteiger partial charge is 0.461 e. The minimum atomic E-state index is -1.53. The molecule has 0 aliphatic rings. The molecule has 0 spiro atoms. The molecular weight excluding hydrogens is 457 g/mol. The Balaban J connectivity index is 1.73. The van der Waals surface area contributed by atoms with Crippen molar-refractivity contribution in [3.63, 3.8) is 0 Å². The smallest absolute Gasteiger partial charge is 0.338 e. The van der Waals surface area contributed by atoms with Crippen molar-refractivity contribution >= 4 is 46.8 Å². The van der Waals surface area contributed by atoms with Crippen molar-refractivity contribution in [2.24, 2.45) is 0 Å². The number of carbonyl (C=O) groups is 1. The van der Waals surface area contributed by atoms with Crippen LogP contribution in [0.5, 0.6) is 0 Å². The minimum Gasteiger partial charge on any atom is -0.461 e. The van der Waals surface area contributed by atoms with Gasteiger partial charge in [-0.1, -0.05) is 65.1 Å². The van der Waals surface area contributed by atoms with Gasteiger partial charge in [0.25, 0.3) is 0 Å². The van der Waals surface area contributed by atoms with Crippen LogP contribution in [0.15, 0.2) is 48.0 Å². The zero-order chi connectivity index (χ0) is 22.9. The topological polar surface area (TPSA) is 85.9 Å². The number of carbonyl (C=O) groups excluding carboxylic acids is 1. The fourth-order valence-electron chi connectivity index (χ4n) is 2.75. The first-order valence-corrected chi connectivity index (χ1v) is 10.5. The van der Waals surface area contributed by atoms with Crippen molar-refractivity contribution in [3.05, 3.63) is 75.9 Å². The summed E-state index contributed by atoms with van der Waals surface area (Å²) in [5.74, 6) is -0.439. The van der Waals surface area contributed by atoms with Gasteiger partial charge in [-0.15, -0.1) is 0 Å². The Hall–Kier alpha value is -2.54. The van der Waals surface area contributed by atoms with Crippen LogP contribution in [-0.4, -0.2) is 25.7 Å². The molecule has 0 saturated heterocycles. The molecule has 0 bridgehead atoms. The van der Waals surface area contributed by atoms with Gasteiger partial charge in [-0.05, 0) is 54.8 Å². The van der Waals surface area contributed by atoms with Crippen LogP contribution in [0.1, 0.15) is 32.6 Å². The summed E-state index contributed by atoms with van der Waals surface area (Å²) in [6, 6.07) is 15.9. The van der Waals surface area contributed by atoms with E-state index in [4.69, 9.17) is 50.1 Å². The van der Waals surface area contributed by atoms with E-state index in [9.17, 15) is 4.79 Å². The predicted octanol–water partition coefficient (Wildman–Crippen LogP) is 5.24. The van der Waals surface area contributed by atoms with E-state index in [-0.39, 0.29) is 12.2 Å². The highest BCUT2D eigenvalue weighted by Gasteiger charge is 2.22. The van der Waals surface area contributed by atoms with Crippen LogP contribution in [-0.2, 0) is 15.0 Å². The molecule has 160 valence electrons. The van der Waals surface area contributed by atoms with Crippen molar-refractivity contribution < 1.29 is 9.53 Å². The number of ether oxygens (including phenoxy) is 1. The number of nitriles is 2. The van der Waals surface area contributed by atoms with Crippen LogP contribution in [0.4, 0.5) is 0 Å². The number of allylic oxidation sites excluding steroid dienone is 1. The number of nitrogens with one attached hydrogen (secondary N) is 1. The van der Waals surface area contributed by atoms with Crippen molar-refractivity contribution in [2.45, 2.75) is 17.1 Å². The normalized spacial score (nSPS) is 10.6. The molecule has 1 N–H and O–H groups in total. The summed E-state index contributed by atoms with van der Waals surface area (Å²) in [5, 5.41) is 21.0. The Morgan fingerprint density at radius 3 is 2.35 bits per heavy atom. The number of nitrogens with zero attached hydrogens (tertiary/aromatic N) is 2. The van der Waals surface area contributed by atoms with Crippen LogP contribution in [0.25, 0.3) is 6.08 Å². The summed E-state index contributed by atoms with van der Waals surface area (Å²) in [4.78, 5) is 12.1. The first-order valence-electron chi connectivity index (χ1n) is 9.41. The van der Waals surface area contributed by atoms with Gasteiger partial charge in [0, 0.05) is 12.1 Å². The summed E-state index contributed by atoms with van der Waals surface area (Å²) < 4.78 is 3.71. The second-order valence-corrected chi connectivity index (χ2v) is 8.96. The lowest BCUT2D eigenvalue weighted by atomic mass is 10.0. The van der Waals surface area contributed by atoms with Gasteiger partial charge in [0.15, 0.2) is 0 Å². The number of hydrogen-bond donors (Lipinski definition) is 1. The van der Waals surface area contributed by atoms with Crippen LogP contribution < -0.4 is 5.32 Å². The Kier molecular flexibility index (Phi) is 9.37. The molecule has 0 aliphatic carbocycles. The van der Waals surface area contributed by atoms with E-state index in [0.29, 0.717) is 24.2 Å². The summed E-state index contributed by atoms with van der Waals surface area (Å²) in [6.45, 7) is 3.41. The Bertz CT molecular complexity index is 1010. The van der Waals surface area contributed by atoms with E-state index in [0.717, 1.165) is 23.1 Å². The molecule has 2 aromatic rings. The molecule has 0 unspecified atom stereocenters. The van der Waals surface area contributed by atoms with Gasteiger partial charge in [-0.2, -0.15) is 10.5 Å². The molecule has 0 fully saturated rings. The first-order chi connectivity index (χ1) is 14.7. The zero-order valence-corrected chi connectivity index (χ0v) is 19.1. The highest BCUT2D eigenvalue weighted by Crippen LogP contribution is 2.38. The number of hydrogen-bond acceptors (Lipinski definition) is 5. The first kappa shape index (κ1) is 24.7. The van der Waals surface area contributed by atoms with E-state index in [2.05, 4.69) is 5.32 Å². The van der Waals surface area contributed by atoms with Crippen LogP contribution >= 0.6 is 34.8 Å². The highest BCUT2D eigenvalue weighted by atomic mass is 35.6. The van der Waals surface area contributed by atoms with Crippen LogP contribution in [0, 0.1) is 29.6 Å². The van der Waals surface area contributed by atoms with Crippen LogP contribution in [0.2, 0.25) is 0 Å². The maximum atomic E-state index is 12.1. The van der Waals surface area contributed by atoms with Gasteiger partial charge in [-0.3, -0.25) is 0 Å². The molecule has 0 atom stereocenters. The van der Waals surface area contributed by atoms with Gasteiger partial charge in [0.2, 0.25) is 3.79 Å². The molecule has 0 saturated carbocycles. The van der Waals surface area contributed by atoms with E-state index in [1.54, 1.807) is 30.3 Å². The van der Waals surface area contributed by atoms with Gasteiger partial charge in [0.1, 0.15) is 24.3 Å². The van der Waals surface area contributed by atoms with Gasteiger partial charge in [-0.25, -0.2) is 4.79 Å². The van der Waals surface area contributed by atoms with E-state index < -0.39 is 9.76 Å². The van der Waals surface area contributed by atoms with Crippen LogP contribution in [0.3, 0.4) is 0 Å². The predicted molar refractivity (Wildman–Crippen MR) is 123 cm³/mol. The van der Waals surface area contributed by atoms with Gasteiger partial charge < -0.3 is 10.1 Å². The molecular formula is C23H20Cl3N3O2. The third-order valence-electron chi connectivity index (χ3n) is 4.43. The third-order valence-corrected chi connectivity index (χ3v) is 5.08. The molecule has 8 heteroatoms. The second kappa shape index (κ2) is 11.7. The molecule has 0 heterocycles. The highest BCUT2D eigenvalue weighted by molar-refractivity contribution is 6.66. The average molecular weight is 477 g/mol. The fraction of sp³-hybridized carbons (Fsp3) is 0.261. The quantitative estimate of drug-likeness (QED) is 0.244. The molecule has 0 aromatic heterocycles. The van der Waals surface area contributed by atoms with Crippen molar-refractivity contribution in [1.29, 1.82) is 10.5 Å². The maximum absolute atomic E-state index is 12.1. The lowest BCUT2D eigenvalue weighted by molar-refractivity contribution is 0.0509. The van der Waals surface area contributed by atoms with Crippen molar-refractivity contribution in [3.8, 4) is 12.1 Å². The Labute approximate surface area is 196 Å². The third kappa shape index (κ3) is 7.90. The molecule has 0 radical (unpaired) electrons. The summed E-state index contributed by atoms with van der Waals surface area (Å²) in [5.41, 5.74) is 3.92. The Morgan fingerprint density at radius 2 is 1.77 bits per heavy atom.